The summed E-state index contributed by atoms with van der Waals surface area (Å²) in [7, 11) is 3.04. The van der Waals surface area contributed by atoms with E-state index in [1.54, 1.807) is 24.3 Å². The molecular formula is C17H15BrN2O4. The van der Waals surface area contributed by atoms with Crippen LogP contribution >= 0.6 is 15.9 Å². The molecule has 0 saturated heterocycles. The van der Waals surface area contributed by atoms with E-state index in [1.165, 1.54) is 26.6 Å². The number of hydrogen-bond donors (Lipinski definition) is 1. The van der Waals surface area contributed by atoms with Crippen molar-refractivity contribution in [2.45, 2.75) is 6.54 Å². The first-order valence-corrected chi connectivity index (χ1v) is 7.72. The van der Waals surface area contributed by atoms with Crippen molar-refractivity contribution in [3.8, 4) is 17.6 Å². The number of hydrogen-bond acceptors (Lipinski definition) is 5. The number of nitrogens with zero attached hydrogens (tertiary/aromatic N) is 1. The van der Waals surface area contributed by atoms with Crippen molar-refractivity contribution < 1.29 is 18.7 Å². The van der Waals surface area contributed by atoms with Gasteiger partial charge in [-0.2, -0.15) is 5.26 Å². The second-order valence-corrected chi connectivity index (χ2v) is 5.51. The van der Waals surface area contributed by atoms with Gasteiger partial charge in [0.05, 0.1) is 31.5 Å². The molecule has 6 nitrogen and oxygen atoms in total. The number of benzene rings is 1. The van der Waals surface area contributed by atoms with Crippen LogP contribution in [0.5, 0.6) is 11.5 Å². The summed E-state index contributed by atoms with van der Waals surface area (Å²) >= 11 is 3.37. The minimum atomic E-state index is -0.497. The van der Waals surface area contributed by atoms with E-state index in [-0.39, 0.29) is 12.1 Å². The molecule has 0 bridgehead atoms. The van der Waals surface area contributed by atoms with Crippen molar-refractivity contribution in [2.75, 3.05) is 14.2 Å². The van der Waals surface area contributed by atoms with Gasteiger partial charge < -0.3 is 19.2 Å². The molecule has 0 unspecified atom stereocenters. The Bertz CT molecular complexity index is 792. The second kappa shape index (κ2) is 8.22. The highest BCUT2D eigenvalue weighted by Gasteiger charge is 2.13. The zero-order valence-corrected chi connectivity index (χ0v) is 14.7. The number of ether oxygens (including phenoxy) is 2. The Kier molecular flexibility index (Phi) is 6.04. The van der Waals surface area contributed by atoms with E-state index in [2.05, 4.69) is 21.2 Å². The molecule has 0 fully saturated rings. The molecule has 1 amide bonds. The molecule has 1 heterocycles. The maximum absolute atomic E-state index is 12.2. The largest absolute Gasteiger partial charge is 0.496 e. The molecule has 2 rings (SSSR count). The van der Waals surface area contributed by atoms with Gasteiger partial charge in [0.1, 0.15) is 28.9 Å². The Hall–Kier alpha value is -2.72. The average molecular weight is 391 g/mol. The SMILES string of the molecule is COc1cc(OC)c(/C=C(/C#N)C(=O)NCc2ccco2)cc1Br. The summed E-state index contributed by atoms with van der Waals surface area (Å²) in [6.07, 6.45) is 2.97. The summed E-state index contributed by atoms with van der Waals surface area (Å²) in [4.78, 5) is 12.2. The third kappa shape index (κ3) is 4.18. The van der Waals surface area contributed by atoms with Crippen LogP contribution in [-0.2, 0) is 11.3 Å². The summed E-state index contributed by atoms with van der Waals surface area (Å²) in [6.45, 7) is 0.203. The number of rotatable bonds is 6. The standard InChI is InChI=1S/C17H15BrN2O4/c1-22-15-8-16(23-2)14(18)7-11(15)6-12(9-19)17(21)20-10-13-4-3-5-24-13/h3-8H,10H2,1-2H3,(H,20,21)/b12-6-. The van der Waals surface area contributed by atoms with Crippen molar-refractivity contribution >= 4 is 27.9 Å². The van der Waals surface area contributed by atoms with E-state index < -0.39 is 5.91 Å². The molecule has 1 N–H and O–H groups in total. The molecule has 0 saturated carbocycles. The van der Waals surface area contributed by atoms with Gasteiger partial charge in [-0.3, -0.25) is 4.79 Å². The van der Waals surface area contributed by atoms with Crippen LogP contribution in [0, 0.1) is 11.3 Å². The number of carbonyl (C=O) groups is 1. The minimum Gasteiger partial charge on any atom is -0.496 e. The first-order chi connectivity index (χ1) is 11.6. The van der Waals surface area contributed by atoms with Crippen LogP contribution in [0.3, 0.4) is 0 Å². The number of methoxy groups -OCH3 is 2. The highest BCUT2D eigenvalue weighted by atomic mass is 79.9. The molecule has 0 radical (unpaired) electrons. The lowest BCUT2D eigenvalue weighted by Gasteiger charge is -2.10. The van der Waals surface area contributed by atoms with Gasteiger partial charge >= 0.3 is 0 Å². The van der Waals surface area contributed by atoms with E-state index in [1.807, 2.05) is 6.07 Å². The summed E-state index contributed by atoms with van der Waals surface area (Å²) in [6, 6.07) is 8.75. The van der Waals surface area contributed by atoms with Gasteiger partial charge in [0.25, 0.3) is 5.91 Å². The van der Waals surface area contributed by atoms with Crippen LogP contribution in [0.15, 0.2) is 45.0 Å². The molecule has 0 spiro atoms. The summed E-state index contributed by atoms with van der Waals surface area (Å²) in [5, 5.41) is 11.9. The van der Waals surface area contributed by atoms with Crippen molar-refractivity contribution in [3.05, 3.63) is 51.9 Å². The summed E-state index contributed by atoms with van der Waals surface area (Å²) < 4.78 is 16.3. The molecular weight excluding hydrogens is 376 g/mol. The zero-order chi connectivity index (χ0) is 17.5. The Morgan fingerprint density at radius 2 is 2.12 bits per heavy atom. The van der Waals surface area contributed by atoms with E-state index in [4.69, 9.17) is 13.9 Å². The first kappa shape index (κ1) is 17.6. The predicted molar refractivity (Wildman–Crippen MR) is 91.4 cm³/mol. The molecule has 0 aliphatic rings. The minimum absolute atomic E-state index is 0.0445. The normalized spacial score (nSPS) is 10.8. The van der Waals surface area contributed by atoms with E-state index >= 15 is 0 Å². The Balaban J connectivity index is 2.24. The van der Waals surface area contributed by atoms with Crippen molar-refractivity contribution in [2.24, 2.45) is 0 Å². The highest BCUT2D eigenvalue weighted by Crippen LogP contribution is 2.33. The second-order valence-electron chi connectivity index (χ2n) is 4.66. The summed E-state index contributed by atoms with van der Waals surface area (Å²) in [5.74, 6) is 1.18. The average Bonchev–Trinajstić information content (AvgIpc) is 3.11. The van der Waals surface area contributed by atoms with Gasteiger partial charge in [-0.25, -0.2) is 0 Å². The van der Waals surface area contributed by atoms with Gasteiger partial charge in [0.15, 0.2) is 0 Å². The molecule has 1 aromatic carbocycles. The highest BCUT2D eigenvalue weighted by molar-refractivity contribution is 9.10. The van der Waals surface area contributed by atoms with Crippen LogP contribution in [0.1, 0.15) is 11.3 Å². The van der Waals surface area contributed by atoms with E-state index in [9.17, 15) is 10.1 Å². The molecule has 1 aromatic heterocycles. The third-order valence-electron chi connectivity index (χ3n) is 3.17. The van der Waals surface area contributed by atoms with Gasteiger partial charge in [0.2, 0.25) is 0 Å². The fourth-order valence-electron chi connectivity index (χ4n) is 1.98. The monoisotopic (exact) mass is 390 g/mol. The van der Waals surface area contributed by atoms with Gasteiger partial charge in [-0.05, 0) is 40.2 Å². The lowest BCUT2D eigenvalue weighted by molar-refractivity contribution is -0.117. The fraction of sp³-hybridized carbons (Fsp3) is 0.176. The van der Waals surface area contributed by atoms with Crippen molar-refractivity contribution in [1.82, 2.24) is 5.32 Å². The topological polar surface area (TPSA) is 84.5 Å². The summed E-state index contributed by atoms with van der Waals surface area (Å²) in [5.41, 5.74) is 0.534. The lowest BCUT2D eigenvalue weighted by atomic mass is 10.1. The Morgan fingerprint density at radius 3 is 2.71 bits per heavy atom. The van der Waals surface area contributed by atoms with E-state index in [0.29, 0.717) is 27.3 Å². The van der Waals surface area contributed by atoms with Crippen LogP contribution in [0.2, 0.25) is 0 Å². The Morgan fingerprint density at radius 1 is 1.38 bits per heavy atom. The predicted octanol–water partition coefficient (Wildman–Crippen LogP) is 3.28. The van der Waals surface area contributed by atoms with Crippen LogP contribution in [-0.4, -0.2) is 20.1 Å². The molecule has 0 aliphatic carbocycles. The quantitative estimate of drug-likeness (QED) is 0.604. The molecule has 0 aliphatic heterocycles. The van der Waals surface area contributed by atoms with Crippen LogP contribution in [0.4, 0.5) is 0 Å². The molecule has 7 heteroatoms. The van der Waals surface area contributed by atoms with E-state index in [0.717, 1.165) is 0 Å². The van der Waals surface area contributed by atoms with Crippen LogP contribution in [0.25, 0.3) is 6.08 Å². The van der Waals surface area contributed by atoms with Gasteiger partial charge in [0, 0.05) is 11.6 Å². The molecule has 24 heavy (non-hydrogen) atoms. The first-order valence-electron chi connectivity index (χ1n) is 6.93. The maximum atomic E-state index is 12.2. The van der Waals surface area contributed by atoms with Gasteiger partial charge in [-0.1, -0.05) is 0 Å². The Labute approximate surface area is 147 Å². The van der Waals surface area contributed by atoms with Crippen molar-refractivity contribution in [3.63, 3.8) is 0 Å². The van der Waals surface area contributed by atoms with Crippen LogP contribution < -0.4 is 14.8 Å². The number of amides is 1. The number of carbonyl (C=O) groups excluding carboxylic acids is 1. The number of nitriles is 1. The zero-order valence-electron chi connectivity index (χ0n) is 13.1. The molecule has 124 valence electrons. The number of nitrogens with one attached hydrogen (secondary N) is 1. The number of furan rings is 1. The fourth-order valence-corrected chi connectivity index (χ4v) is 2.50. The number of halogens is 1. The maximum Gasteiger partial charge on any atom is 0.262 e. The van der Waals surface area contributed by atoms with Gasteiger partial charge in [-0.15, -0.1) is 0 Å². The third-order valence-corrected chi connectivity index (χ3v) is 3.79. The van der Waals surface area contributed by atoms with Crippen molar-refractivity contribution in [1.29, 1.82) is 5.26 Å². The molecule has 2 aromatic rings. The molecule has 0 atom stereocenters. The smallest absolute Gasteiger partial charge is 0.262 e. The lowest BCUT2D eigenvalue weighted by Crippen LogP contribution is -2.23.